The van der Waals surface area contributed by atoms with E-state index in [1.165, 1.54) is 18.2 Å². The molecule has 2 N–H and O–H groups in total. The summed E-state index contributed by atoms with van der Waals surface area (Å²) in [5.41, 5.74) is -1.14. The Kier molecular flexibility index (Phi) is 4.20. The lowest BCUT2D eigenvalue weighted by Crippen LogP contribution is -2.57. The van der Waals surface area contributed by atoms with Crippen LogP contribution in [0, 0.1) is 0 Å². The molecule has 0 saturated carbocycles. The van der Waals surface area contributed by atoms with Crippen LogP contribution in [0.15, 0.2) is 24.8 Å². The first kappa shape index (κ1) is 12.3. The van der Waals surface area contributed by atoms with Crippen LogP contribution in [0.1, 0.15) is 0 Å². The average molecular weight is 236 g/mol. The second-order valence-electron chi connectivity index (χ2n) is 3.05. The molecule has 4 nitrogen and oxygen atoms in total. The van der Waals surface area contributed by atoms with Gasteiger partial charge in [0.05, 0.1) is 0 Å². The highest BCUT2D eigenvalue weighted by molar-refractivity contribution is 7.10. The van der Waals surface area contributed by atoms with E-state index in [0.29, 0.717) is 0 Å². The van der Waals surface area contributed by atoms with E-state index in [1.54, 1.807) is 0 Å². The molecule has 0 aromatic heterocycles. The molecule has 80 valence electrons. The number of hydrogen-bond acceptors (Lipinski definition) is 4. The third-order valence-corrected chi connectivity index (χ3v) is 3.08. The van der Waals surface area contributed by atoms with Crippen molar-refractivity contribution in [2.24, 2.45) is 0 Å². The zero-order chi connectivity index (χ0) is 10.8. The molecule has 0 bridgehead atoms. The highest BCUT2D eigenvalue weighted by Crippen LogP contribution is 2.34. The van der Waals surface area contributed by atoms with Gasteiger partial charge in [-0.2, -0.15) is 0 Å². The van der Waals surface area contributed by atoms with Crippen molar-refractivity contribution in [3.63, 3.8) is 0 Å². The SMILES string of the molecule is C=C[C@]1(OP)[C@H](O)C=C[C@H](O)[C@H]1OP. The summed E-state index contributed by atoms with van der Waals surface area (Å²) >= 11 is 0. The third-order valence-electron chi connectivity index (χ3n) is 2.38. The molecule has 2 unspecified atom stereocenters. The van der Waals surface area contributed by atoms with Crippen molar-refractivity contribution in [2.45, 2.75) is 23.9 Å². The van der Waals surface area contributed by atoms with Gasteiger partial charge < -0.3 is 19.3 Å². The van der Waals surface area contributed by atoms with Gasteiger partial charge >= 0.3 is 0 Å². The zero-order valence-corrected chi connectivity index (χ0v) is 9.85. The minimum Gasteiger partial charge on any atom is -0.386 e. The summed E-state index contributed by atoms with van der Waals surface area (Å²) in [6.45, 7) is 3.58. The van der Waals surface area contributed by atoms with Crippen molar-refractivity contribution in [2.75, 3.05) is 0 Å². The Hall–Kier alpha value is 0.180. The average Bonchev–Trinajstić information content (AvgIpc) is 2.21. The van der Waals surface area contributed by atoms with Gasteiger partial charge in [0.1, 0.15) is 23.9 Å². The van der Waals surface area contributed by atoms with Crippen molar-refractivity contribution in [1.82, 2.24) is 0 Å². The van der Waals surface area contributed by atoms with Crippen molar-refractivity contribution in [1.29, 1.82) is 0 Å². The van der Waals surface area contributed by atoms with Crippen LogP contribution in [-0.4, -0.2) is 34.1 Å². The summed E-state index contributed by atoms with van der Waals surface area (Å²) in [7, 11) is 4.09. The van der Waals surface area contributed by atoms with Crippen LogP contribution < -0.4 is 0 Å². The van der Waals surface area contributed by atoms with Crippen LogP contribution in [0.4, 0.5) is 0 Å². The van der Waals surface area contributed by atoms with E-state index in [0.717, 1.165) is 0 Å². The smallest absolute Gasteiger partial charge is 0.148 e. The summed E-state index contributed by atoms with van der Waals surface area (Å²) in [5, 5.41) is 19.4. The zero-order valence-electron chi connectivity index (χ0n) is 7.54. The molecule has 1 aliphatic rings. The lowest BCUT2D eigenvalue weighted by molar-refractivity contribution is -0.0971. The van der Waals surface area contributed by atoms with Gasteiger partial charge in [-0.25, -0.2) is 0 Å². The molecule has 0 saturated heterocycles. The van der Waals surface area contributed by atoms with E-state index < -0.39 is 23.9 Å². The highest BCUT2D eigenvalue weighted by Gasteiger charge is 2.48. The van der Waals surface area contributed by atoms with E-state index in [4.69, 9.17) is 9.05 Å². The van der Waals surface area contributed by atoms with E-state index in [1.807, 2.05) is 18.9 Å². The van der Waals surface area contributed by atoms with Gasteiger partial charge in [0.2, 0.25) is 0 Å². The fraction of sp³-hybridized carbons (Fsp3) is 0.500. The molecule has 0 radical (unpaired) electrons. The Morgan fingerprint density at radius 1 is 1.36 bits per heavy atom. The summed E-state index contributed by atoms with van der Waals surface area (Å²) in [6.07, 6.45) is 1.90. The number of hydrogen-bond donors (Lipinski definition) is 2. The van der Waals surface area contributed by atoms with Crippen LogP contribution >= 0.6 is 18.9 Å². The number of aliphatic hydroxyl groups is 2. The van der Waals surface area contributed by atoms with E-state index >= 15 is 0 Å². The van der Waals surface area contributed by atoms with Crippen LogP contribution in [0.5, 0.6) is 0 Å². The maximum Gasteiger partial charge on any atom is 0.148 e. The molecule has 0 aromatic carbocycles. The predicted octanol–water partition coefficient (Wildman–Crippen LogP) is 0.185. The summed E-state index contributed by atoms with van der Waals surface area (Å²) in [4.78, 5) is 0. The molecular formula is C8H14O4P2. The maximum atomic E-state index is 9.74. The van der Waals surface area contributed by atoms with Crippen LogP contribution in [0.3, 0.4) is 0 Å². The summed E-state index contributed by atoms with van der Waals surface area (Å²) < 4.78 is 10.1. The maximum absolute atomic E-state index is 9.74. The van der Waals surface area contributed by atoms with E-state index in [9.17, 15) is 10.2 Å². The Balaban J connectivity index is 3.09. The molecule has 0 amide bonds. The molecule has 6 heteroatoms. The van der Waals surface area contributed by atoms with Gasteiger partial charge in [0, 0.05) is 18.9 Å². The molecule has 0 heterocycles. The monoisotopic (exact) mass is 236 g/mol. The lowest BCUT2D eigenvalue weighted by atomic mass is 9.82. The van der Waals surface area contributed by atoms with Crippen molar-refractivity contribution >= 4 is 18.9 Å². The van der Waals surface area contributed by atoms with Gasteiger partial charge in [-0.15, -0.1) is 6.58 Å². The minimum atomic E-state index is -1.14. The van der Waals surface area contributed by atoms with Crippen LogP contribution in [0.25, 0.3) is 0 Å². The normalized spacial score (nSPS) is 42.4. The number of rotatable bonds is 3. The first-order valence-electron chi connectivity index (χ1n) is 4.04. The van der Waals surface area contributed by atoms with Crippen molar-refractivity contribution in [3.8, 4) is 0 Å². The Morgan fingerprint density at radius 2 is 2.00 bits per heavy atom. The molecule has 1 rings (SSSR count). The Labute approximate surface area is 87.6 Å². The topological polar surface area (TPSA) is 58.9 Å². The van der Waals surface area contributed by atoms with E-state index in [2.05, 4.69) is 6.58 Å². The van der Waals surface area contributed by atoms with Crippen molar-refractivity contribution < 1.29 is 19.3 Å². The minimum absolute atomic E-state index is 0.706. The quantitative estimate of drug-likeness (QED) is 0.542. The van der Waals surface area contributed by atoms with Crippen LogP contribution in [0.2, 0.25) is 0 Å². The molecule has 14 heavy (non-hydrogen) atoms. The second kappa shape index (κ2) is 4.80. The third kappa shape index (κ3) is 1.79. The van der Waals surface area contributed by atoms with Gasteiger partial charge in [-0.1, -0.05) is 18.2 Å². The summed E-state index contributed by atoms with van der Waals surface area (Å²) in [6, 6.07) is 0. The first-order valence-corrected chi connectivity index (χ1v) is 4.98. The number of aliphatic hydroxyl groups excluding tert-OH is 2. The molecule has 1 aliphatic carbocycles. The Morgan fingerprint density at radius 3 is 2.36 bits per heavy atom. The van der Waals surface area contributed by atoms with Gasteiger partial charge in [-0.05, 0) is 0 Å². The first-order chi connectivity index (χ1) is 6.62. The summed E-state index contributed by atoms with van der Waals surface area (Å²) in [5.74, 6) is 0. The second-order valence-corrected chi connectivity index (χ2v) is 3.56. The van der Waals surface area contributed by atoms with Gasteiger partial charge in [0.15, 0.2) is 0 Å². The fourth-order valence-corrected chi connectivity index (χ4v) is 2.26. The van der Waals surface area contributed by atoms with E-state index in [-0.39, 0.29) is 0 Å². The largest absolute Gasteiger partial charge is 0.386 e. The van der Waals surface area contributed by atoms with Gasteiger partial charge in [-0.3, -0.25) is 0 Å². The lowest BCUT2D eigenvalue weighted by Gasteiger charge is -2.42. The molecule has 0 aromatic rings. The highest BCUT2D eigenvalue weighted by atomic mass is 31.0. The Bertz CT molecular complexity index is 245. The predicted molar refractivity (Wildman–Crippen MR) is 59.5 cm³/mol. The molecule has 0 spiro atoms. The standard InChI is InChI=1S/C8H14O4P2/c1-2-8(12-14)6(10)4-3-5(9)7(8)11-13/h2-7,9-10H,1,13-14H2/t5-,6+,7+,8-/m0/s1. The molecule has 6 atom stereocenters. The van der Waals surface area contributed by atoms with Crippen molar-refractivity contribution in [3.05, 3.63) is 24.8 Å². The fourth-order valence-electron chi connectivity index (χ4n) is 1.51. The van der Waals surface area contributed by atoms with Crippen LogP contribution in [-0.2, 0) is 9.05 Å². The molecule has 0 fully saturated rings. The molecular weight excluding hydrogens is 222 g/mol. The van der Waals surface area contributed by atoms with Gasteiger partial charge in [0.25, 0.3) is 0 Å². The molecule has 0 aliphatic heterocycles.